The molecule has 0 amide bonds. The lowest BCUT2D eigenvalue weighted by Crippen LogP contribution is -2.42. The quantitative estimate of drug-likeness (QED) is 0.0309. The third-order valence-electron chi connectivity index (χ3n) is 10.9. The lowest BCUT2D eigenvalue weighted by molar-refractivity contribution is -0.385. The van der Waals surface area contributed by atoms with Crippen LogP contribution in [-0.4, -0.2) is 68.8 Å². The number of aliphatic hydroxyl groups is 1. The predicted octanol–water partition coefficient (Wildman–Crippen LogP) is 7.42. The number of ether oxygens (including phenoxy) is 3. The van der Waals surface area contributed by atoms with Crippen LogP contribution in [0.1, 0.15) is 80.6 Å². The van der Waals surface area contributed by atoms with Gasteiger partial charge in [0, 0.05) is 37.1 Å². The Morgan fingerprint density at radius 1 is 0.952 bits per heavy atom. The molecule has 1 fully saturated rings. The van der Waals surface area contributed by atoms with E-state index in [-0.39, 0.29) is 59.8 Å². The van der Waals surface area contributed by atoms with Gasteiger partial charge in [0.05, 0.1) is 40.3 Å². The normalized spacial score (nSPS) is 25.7. The highest BCUT2D eigenvalue weighted by Crippen LogP contribution is 2.39. The maximum atomic E-state index is 13.5. The van der Waals surface area contributed by atoms with Crippen molar-refractivity contribution in [3.05, 3.63) is 105 Å². The highest BCUT2D eigenvalue weighted by atomic mass is 17.2. The van der Waals surface area contributed by atoms with E-state index in [1.54, 1.807) is 26.0 Å². The van der Waals surface area contributed by atoms with Crippen molar-refractivity contribution < 1.29 is 67.9 Å². The molecule has 336 valence electrons. The smallest absolute Gasteiger partial charge is 0.359 e. The second kappa shape index (κ2) is 22.1. The lowest BCUT2D eigenvalue weighted by Gasteiger charge is -2.32. The number of rotatable bonds is 17. The van der Waals surface area contributed by atoms with Gasteiger partial charge in [0.1, 0.15) is 17.8 Å². The molecule has 18 nitrogen and oxygen atoms in total. The molecule has 0 spiro atoms. The zero-order valence-corrected chi connectivity index (χ0v) is 35.7. The van der Waals surface area contributed by atoms with E-state index in [2.05, 4.69) is 0 Å². The number of nitro groups is 2. The van der Waals surface area contributed by atoms with Crippen molar-refractivity contribution in [3.63, 3.8) is 0 Å². The molecular formula is C44H54N2O16. The second-order valence-corrected chi connectivity index (χ2v) is 16.0. The number of carbonyl (C=O) groups is 4. The van der Waals surface area contributed by atoms with Crippen LogP contribution in [0, 0.1) is 49.8 Å². The summed E-state index contributed by atoms with van der Waals surface area (Å²) in [4.78, 5) is 92.7. The van der Waals surface area contributed by atoms with Gasteiger partial charge in [-0.3, -0.25) is 49.4 Å². The number of benzene rings is 2. The predicted molar refractivity (Wildman–Crippen MR) is 220 cm³/mol. The Balaban J connectivity index is 1.40. The minimum atomic E-state index is -1.66. The van der Waals surface area contributed by atoms with Crippen molar-refractivity contribution in [2.75, 3.05) is 0 Å². The SMILES string of the molecule is CCC(C(=O)OOc1ccc([N+](=O)[O-])cc1)C(C)C1OC1CC(C)C=CC=C(C)C1OC(=O)CC(C(=O)OOc2ccc([N+](=O)[O-])cc2)CCC(C)(O)C(OC(C)=O)C=CC1C. The van der Waals surface area contributed by atoms with Crippen LogP contribution in [-0.2, 0) is 43.2 Å². The molecule has 18 heteroatoms. The summed E-state index contributed by atoms with van der Waals surface area (Å²) in [7, 11) is 0. The molecule has 62 heavy (non-hydrogen) atoms. The zero-order valence-electron chi connectivity index (χ0n) is 35.7. The van der Waals surface area contributed by atoms with Crippen molar-refractivity contribution in [1.82, 2.24) is 0 Å². The summed E-state index contributed by atoms with van der Waals surface area (Å²) in [6, 6.07) is 9.97. The fourth-order valence-corrected chi connectivity index (χ4v) is 7.13. The van der Waals surface area contributed by atoms with Crippen LogP contribution in [0.4, 0.5) is 11.4 Å². The van der Waals surface area contributed by atoms with Gasteiger partial charge in [-0.15, -0.1) is 0 Å². The van der Waals surface area contributed by atoms with Gasteiger partial charge in [0.2, 0.25) is 0 Å². The molecule has 0 aromatic heterocycles. The highest BCUT2D eigenvalue weighted by molar-refractivity contribution is 5.80. The number of hydrogen-bond donors (Lipinski definition) is 1. The summed E-state index contributed by atoms with van der Waals surface area (Å²) >= 11 is 0. The van der Waals surface area contributed by atoms with E-state index >= 15 is 0 Å². The number of hydrogen-bond acceptors (Lipinski definition) is 16. The van der Waals surface area contributed by atoms with E-state index in [1.165, 1.54) is 68.5 Å². The molecule has 0 radical (unpaired) electrons. The topological polar surface area (TPSA) is 243 Å². The molecule has 0 saturated carbocycles. The third kappa shape index (κ3) is 14.2. The fraction of sp³-hybridized carbons (Fsp3) is 0.500. The van der Waals surface area contributed by atoms with Gasteiger partial charge in [-0.1, -0.05) is 52.0 Å². The summed E-state index contributed by atoms with van der Waals surface area (Å²) in [5.74, 6) is -5.02. The van der Waals surface area contributed by atoms with Crippen LogP contribution < -0.4 is 9.78 Å². The van der Waals surface area contributed by atoms with Crippen LogP contribution >= 0.6 is 0 Å². The van der Waals surface area contributed by atoms with Crippen LogP contribution in [0.2, 0.25) is 0 Å². The number of non-ortho nitro benzene ring substituents is 2. The molecule has 1 saturated heterocycles. The van der Waals surface area contributed by atoms with Crippen molar-refractivity contribution in [1.29, 1.82) is 0 Å². The highest BCUT2D eigenvalue weighted by Gasteiger charge is 2.47. The first-order valence-corrected chi connectivity index (χ1v) is 20.3. The molecular weight excluding hydrogens is 812 g/mol. The molecule has 2 aromatic carbocycles. The van der Waals surface area contributed by atoms with Crippen molar-refractivity contribution in [2.45, 2.75) is 111 Å². The van der Waals surface area contributed by atoms with E-state index in [9.17, 15) is 44.5 Å². The number of nitro benzene ring substituents is 2. The Labute approximate surface area is 358 Å². The Kier molecular flexibility index (Phi) is 17.3. The standard InChI is InChI=1S/C44H54N2O16/c1-8-36(43(50)62-60-35-19-15-33(16-20-35)46(54)55)29(5)41-37(57-41)24-26(2)10-9-11-27(3)40-28(4)12-21-38(56-30(6)47)44(7,51)23-22-31(25-39(48)58-40)42(49)61-59-34-17-13-32(14-18-34)45(52)53/h9-21,26,28-29,31,36-38,40-41,51H,8,22-25H2,1-7H3. The first-order chi connectivity index (χ1) is 29.3. The fourth-order valence-electron chi connectivity index (χ4n) is 7.13. The summed E-state index contributed by atoms with van der Waals surface area (Å²) in [6.45, 7) is 12.0. The summed E-state index contributed by atoms with van der Waals surface area (Å²) < 4.78 is 17.4. The van der Waals surface area contributed by atoms with E-state index in [1.807, 2.05) is 32.9 Å². The molecule has 2 aliphatic heterocycles. The van der Waals surface area contributed by atoms with E-state index in [0.29, 0.717) is 18.4 Å². The zero-order chi connectivity index (χ0) is 45.7. The van der Waals surface area contributed by atoms with Crippen molar-refractivity contribution in [3.8, 4) is 11.5 Å². The summed E-state index contributed by atoms with van der Waals surface area (Å²) in [5.41, 5.74) is -1.32. The van der Waals surface area contributed by atoms with Crippen LogP contribution in [0.3, 0.4) is 0 Å². The second-order valence-electron chi connectivity index (χ2n) is 16.0. The molecule has 0 aliphatic carbocycles. The Bertz CT molecular complexity index is 1990. The monoisotopic (exact) mass is 866 g/mol. The number of cyclic esters (lactones) is 1. The van der Waals surface area contributed by atoms with Gasteiger partial charge >= 0.3 is 23.9 Å². The Morgan fingerprint density at radius 3 is 2.08 bits per heavy atom. The first-order valence-electron chi connectivity index (χ1n) is 20.3. The van der Waals surface area contributed by atoms with Gasteiger partial charge in [0.25, 0.3) is 11.4 Å². The van der Waals surface area contributed by atoms with Gasteiger partial charge < -0.3 is 19.3 Å². The molecule has 2 aliphatic rings. The average molecular weight is 867 g/mol. The minimum absolute atomic E-state index is 0.000512. The van der Waals surface area contributed by atoms with Gasteiger partial charge in [-0.05, 0) is 87.3 Å². The number of allylic oxidation sites excluding steroid dienone is 3. The van der Waals surface area contributed by atoms with Crippen molar-refractivity contribution in [2.24, 2.45) is 29.6 Å². The van der Waals surface area contributed by atoms with Gasteiger partial charge in [-0.25, -0.2) is 9.59 Å². The number of carbonyl (C=O) groups excluding carboxylic acids is 4. The minimum Gasteiger partial charge on any atom is -0.457 e. The number of nitrogens with zero attached hydrogens (tertiary/aromatic N) is 2. The third-order valence-corrected chi connectivity index (χ3v) is 10.9. The maximum Gasteiger partial charge on any atom is 0.359 e. The van der Waals surface area contributed by atoms with E-state index in [0.717, 1.165) is 0 Å². The molecule has 1 N–H and O–H groups in total. The molecule has 2 aromatic rings. The van der Waals surface area contributed by atoms with Crippen LogP contribution in [0.5, 0.6) is 11.5 Å². The van der Waals surface area contributed by atoms with Gasteiger partial charge in [-0.2, -0.15) is 0 Å². The first kappa shape index (κ1) is 48.5. The van der Waals surface area contributed by atoms with Gasteiger partial charge in [0.15, 0.2) is 11.5 Å². The Hall–Kier alpha value is -6.14. The summed E-state index contributed by atoms with van der Waals surface area (Å²) in [6.07, 6.45) is 7.13. The molecule has 10 unspecified atom stereocenters. The molecule has 0 bridgehead atoms. The lowest BCUT2D eigenvalue weighted by atomic mass is 9.86. The summed E-state index contributed by atoms with van der Waals surface area (Å²) in [5, 5.41) is 33.3. The number of esters is 2. The average Bonchev–Trinajstić information content (AvgIpc) is 3.99. The molecule has 4 rings (SSSR count). The largest absolute Gasteiger partial charge is 0.457 e. The van der Waals surface area contributed by atoms with E-state index < -0.39 is 75.7 Å². The molecule has 2 heterocycles. The van der Waals surface area contributed by atoms with E-state index in [4.69, 9.17) is 33.8 Å². The van der Waals surface area contributed by atoms with Crippen LogP contribution in [0.15, 0.2) is 84.5 Å². The van der Waals surface area contributed by atoms with Crippen molar-refractivity contribution >= 4 is 35.3 Å². The number of epoxide rings is 1. The Morgan fingerprint density at radius 2 is 1.53 bits per heavy atom. The maximum absolute atomic E-state index is 13.5. The van der Waals surface area contributed by atoms with Crippen LogP contribution in [0.25, 0.3) is 0 Å². The molecule has 10 atom stereocenters.